The maximum absolute atomic E-state index is 6.17. The van der Waals surface area contributed by atoms with Gasteiger partial charge >= 0.3 is 0 Å². The molecule has 0 aliphatic rings. The number of pyridine rings is 2. The molecular formula is C18H15ClN2S. The lowest BCUT2D eigenvalue weighted by Gasteiger charge is -2.10. The van der Waals surface area contributed by atoms with Crippen LogP contribution in [0.2, 0.25) is 5.02 Å². The lowest BCUT2D eigenvalue weighted by atomic mass is 10.0. The van der Waals surface area contributed by atoms with E-state index in [2.05, 4.69) is 40.5 Å². The Labute approximate surface area is 139 Å². The summed E-state index contributed by atoms with van der Waals surface area (Å²) in [6.45, 7) is 1.97. The number of hydrogen-bond acceptors (Lipinski definition) is 3. The van der Waals surface area contributed by atoms with Gasteiger partial charge in [-0.25, -0.2) is 0 Å². The van der Waals surface area contributed by atoms with E-state index in [9.17, 15) is 0 Å². The largest absolute Gasteiger partial charge is 0.261 e. The summed E-state index contributed by atoms with van der Waals surface area (Å²) in [7, 11) is 0. The summed E-state index contributed by atoms with van der Waals surface area (Å²) < 4.78 is 0. The lowest BCUT2D eigenvalue weighted by Crippen LogP contribution is -1.91. The molecule has 0 bridgehead atoms. The molecule has 3 rings (SSSR count). The van der Waals surface area contributed by atoms with Gasteiger partial charge in [0.1, 0.15) is 0 Å². The van der Waals surface area contributed by atoms with E-state index in [4.69, 9.17) is 11.6 Å². The maximum atomic E-state index is 6.17. The molecule has 0 amide bonds. The Balaban J connectivity index is 2.17. The Morgan fingerprint density at radius 3 is 2.55 bits per heavy atom. The fourth-order valence-electron chi connectivity index (χ4n) is 2.29. The Hall–Kier alpha value is -1.84. The fourth-order valence-corrected chi connectivity index (χ4v) is 2.91. The molecule has 2 aromatic heterocycles. The van der Waals surface area contributed by atoms with Gasteiger partial charge < -0.3 is 0 Å². The molecule has 0 atom stereocenters. The second kappa shape index (κ2) is 6.51. The average Bonchev–Trinajstić information content (AvgIpc) is 2.56. The normalized spacial score (nSPS) is 10.7. The highest BCUT2D eigenvalue weighted by atomic mass is 35.5. The van der Waals surface area contributed by atoms with Crippen LogP contribution < -0.4 is 0 Å². The molecule has 0 radical (unpaired) electrons. The lowest BCUT2D eigenvalue weighted by molar-refractivity contribution is 1.19. The van der Waals surface area contributed by atoms with E-state index in [-0.39, 0.29) is 0 Å². The van der Waals surface area contributed by atoms with Crippen molar-refractivity contribution in [2.24, 2.45) is 0 Å². The van der Waals surface area contributed by atoms with Gasteiger partial charge in [-0.15, -0.1) is 11.8 Å². The average molecular weight is 327 g/mol. The number of rotatable bonds is 3. The third-order valence-electron chi connectivity index (χ3n) is 3.42. The molecule has 0 fully saturated rings. The van der Waals surface area contributed by atoms with Crippen molar-refractivity contribution >= 4 is 23.4 Å². The Morgan fingerprint density at radius 2 is 1.82 bits per heavy atom. The van der Waals surface area contributed by atoms with Crippen LogP contribution in [0.4, 0.5) is 0 Å². The van der Waals surface area contributed by atoms with E-state index in [0.29, 0.717) is 5.02 Å². The first-order chi connectivity index (χ1) is 10.7. The Kier molecular flexibility index (Phi) is 4.46. The van der Waals surface area contributed by atoms with E-state index in [1.807, 2.05) is 31.3 Å². The van der Waals surface area contributed by atoms with Gasteiger partial charge in [0, 0.05) is 34.1 Å². The van der Waals surface area contributed by atoms with Gasteiger partial charge in [0.2, 0.25) is 0 Å². The predicted octanol–water partition coefficient (Wildman–Crippen LogP) is 5.49. The summed E-state index contributed by atoms with van der Waals surface area (Å²) in [4.78, 5) is 10.1. The van der Waals surface area contributed by atoms with Crippen molar-refractivity contribution < 1.29 is 0 Å². The highest BCUT2D eigenvalue weighted by Crippen LogP contribution is 2.33. The standard InChI is InChI=1S/C18H15ClN2S/c1-12-6-7-14(10-20-12)18-17(9-15(19)11-21-18)13-4-3-5-16(8-13)22-2/h3-11H,1-2H3. The van der Waals surface area contributed by atoms with Gasteiger partial charge in [-0.3, -0.25) is 9.97 Å². The number of halogens is 1. The first kappa shape index (κ1) is 15.1. The Morgan fingerprint density at radius 1 is 0.955 bits per heavy atom. The van der Waals surface area contributed by atoms with Crippen molar-refractivity contribution in [2.45, 2.75) is 11.8 Å². The van der Waals surface area contributed by atoms with Gasteiger partial charge in [-0.1, -0.05) is 23.7 Å². The van der Waals surface area contributed by atoms with Crippen molar-refractivity contribution in [1.29, 1.82) is 0 Å². The summed E-state index contributed by atoms with van der Waals surface area (Å²) in [5.41, 5.74) is 5.01. The van der Waals surface area contributed by atoms with Crippen molar-refractivity contribution in [3.8, 4) is 22.4 Å². The van der Waals surface area contributed by atoms with E-state index in [1.54, 1.807) is 18.0 Å². The molecule has 2 nitrogen and oxygen atoms in total. The zero-order chi connectivity index (χ0) is 15.5. The zero-order valence-corrected chi connectivity index (χ0v) is 13.9. The van der Waals surface area contributed by atoms with Crippen LogP contribution in [0, 0.1) is 6.92 Å². The minimum atomic E-state index is 0.633. The van der Waals surface area contributed by atoms with Crippen molar-refractivity contribution in [2.75, 3.05) is 6.26 Å². The van der Waals surface area contributed by atoms with Crippen LogP contribution in [0.15, 0.2) is 59.8 Å². The van der Waals surface area contributed by atoms with Crippen LogP contribution >= 0.6 is 23.4 Å². The van der Waals surface area contributed by atoms with Gasteiger partial charge in [0.25, 0.3) is 0 Å². The van der Waals surface area contributed by atoms with E-state index in [0.717, 1.165) is 28.1 Å². The second-order valence-corrected chi connectivity index (χ2v) is 6.29. The number of aryl methyl sites for hydroxylation is 1. The summed E-state index contributed by atoms with van der Waals surface area (Å²) in [6, 6.07) is 14.4. The number of benzene rings is 1. The highest BCUT2D eigenvalue weighted by molar-refractivity contribution is 7.98. The fraction of sp³-hybridized carbons (Fsp3) is 0.111. The highest BCUT2D eigenvalue weighted by Gasteiger charge is 2.11. The smallest absolute Gasteiger partial charge is 0.0796 e. The van der Waals surface area contributed by atoms with Crippen LogP contribution in [0.1, 0.15) is 5.69 Å². The number of nitrogens with zero attached hydrogens (tertiary/aromatic N) is 2. The van der Waals surface area contributed by atoms with E-state index in [1.165, 1.54) is 4.90 Å². The first-order valence-electron chi connectivity index (χ1n) is 6.90. The van der Waals surface area contributed by atoms with Crippen molar-refractivity contribution in [3.05, 3.63) is 65.6 Å². The molecule has 0 N–H and O–H groups in total. The number of hydrogen-bond donors (Lipinski definition) is 0. The van der Waals surface area contributed by atoms with Crippen LogP contribution in [0.5, 0.6) is 0 Å². The van der Waals surface area contributed by atoms with Gasteiger partial charge in [-0.2, -0.15) is 0 Å². The molecule has 0 spiro atoms. The molecule has 0 saturated heterocycles. The second-order valence-electron chi connectivity index (χ2n) is 4.97. The van der Waals surface area contributed by atoms with Gasteiger partial charge in [0.05, 0.1) is 10.7 Å². The third kappa shape index (κ3) is 3.16. The van der Waals surface area contributed by atoms with Crippen LogP contribution in [-0.4, -0.2) is 16.2 Å². The van der Waals surface area contributed by atoms with Crippen molar-refractivity contribution in [3.63, 3.8) is 0 Å². The third-order valence-corrected chi connectivity index (χ3v) is 4.35. The van der Waals surface area contributed by atoms with Crippen molar-refractivity contribution in [1.82, 2.24) is 9.97 Å². The molecule has 2 heterocycles. The monoisotopic (exact) mass is 326 g/mol. The number of aromatic nitrogens is 2. The summed E-state index contributed by atoms with van der Waals surface area (Å²) in [6.07, 6.45) is 5.60. The molecule has 3 aromatic rings. The molecule has 110 valence electrons. The van der Waals surface area contributed by atoms with E-state index >= 15 is 0 Å². The first-order valence-corrected chi connectivity index (χ1v) is 8.50. The van der Waals surface area contributed by atoms with Crippen LogP contribution in [-0.2, 0) is 0 Å². The SMILES string of the molecule is CSc1cccc(-c2cc(Cl)cnc2-c2ccc(C)nc2)c1. The Bertz CT molecular complexity index is 800. The quantitative estimate of drug-likeness (QED) is 0.595. The molecule has 4 heteroatoms. The summed E-state index contributed by atoms with van der Waals surface area (Å²) >= 11 is 7.89. The zero-order valence-electron chi connectivity index (χ0n) is 12.4. The van der Waals surface area contributed by atoms with Crippen LogP contribution in [0.3, 0.4) is 0 Å². The number of thioether (sulfide) groups is 1. The molecule has 0 aliphatic carbocycles. The topological polar surface area (TPSA) is 25.8 Å². The minimum absolute atomic E-state index is 0.633. The van der Waals surface area contributed by atoms with E-state index < -0.39 is 0 Å². The van der Waals surface area contributed by atoms with Crippen LogP contribution in [0.25, 0.3) is 22.4 Å². The minimum Gasteiger partial charge on any atom is -0.261 e. The molecule has 1 aromatic carbocycles. The molecule has 22 heavy (non-hydrogen) atoms. The maximum Gasteiger partial charge on any atom is 0.0796 e. The molecular weight excluding hydrogens is 312 g/mol. The summed E-state index contributed by atoms with van der Waals surface area (Å²) in [5.74, 6) is 0. The van der Waals surface area contributed by atoms with Gasteiger partial charge in [0.15, 0.2) is 0 Å². The predicted molar refractivity (Wildman–Crippen MR) is 94.4 cm³/mol. The molecule has 0 unspecified atom stereocenters. The van der Waals surface area contributed by atoms with Gasteiger partial charge in [-0.05, 0) is 49.1 Å². The molecule has 0 aliphatic heterocycles. The molecule has 0 saturated carbocycles. The summed E-state index contributed by atoms with van der Waals surface area (Å²) in [5, 5.41) is 0.633.